The number of nitrogens with one attached hydrogen (secondary N) is 1. The average Bonchev–Trinajstić information content (AvgIpc) is 2.87. The number of piperidine rings is 1. The van der Waals surface area contributed by atoms with Crippen LogP contribution in [0.5, 0.6) is 5.75 Å². The highest BCUT2D eigenvalue weighted by molar-refractivity contribution is 5.75. The molecule has 0 saturated carbocycles. The van der Waals surface area contributed by atoms with Crippen LogP contribution in [0.2, 0.25) is 0 Å². The van der Waals surface area contributed by atoms with E-state index < -0.39 is 0 Å². The van der Waals surface area contributed by atoms with E-state index in [0.29, 0.717) is 19.2 Å². The van der Waals surface area contributed by atoms with E-state index in [9.17, 15) is 4.79 Å². The van der Waals surface area contributed by atoms with Crippen molar-refractivity contribution < 1.29 is 14.6 Å². The van der Waals surface area contributed by atoms with E-state index in [1.807, 2.05) is 24.0 Å². The van der Waals surface area contributed by atoms with Gasteiger partial charge in [-0.3, -0.25) is 0 Å². The van der Waals surface area contributed by atoms with E-state index in [4.69, 9.17) is 9.84 Å². The molecule has 0 radical (unpaired) electrons. The number of nitrogens with zero attached hydrogens (tertiary/aromatic N) is 2. The summed E-state index contributed by atoms with van der Waals surface area (Å²) in [4.78, 5) is 17.0. The second kappa shape index (κ2) is 7.74. The summed E-state index contributed by atoms with van der Waals surface area (Å²) in [6.07, 6.45) is 1.95. The molecule has 2 atom stereocenters. The summed E-state index contributed by atoms with van der Waals surface area (Å²) in [5.41, 5.74) is 1.32. The van der Waals surface area contributed by atoms with Gasteiger partial charge in [-0.1, -0.05) is 13.8 Å². The van der Waals surface area contributed by atoms with E-state index in [-0.39, 0.29) is 24.1 Å². The molecule has 3 heterocycles. The van der Waals surface area contributed by atoms with Gasteiger partial charge in [-0.15, -0.1) is 0 Å². The predicted molar refractivity (Wildman–Crippen MR) is 103 cm³/mol. The third-order valence-electron chi connectivity index (χ3n) is 5.66. The lowest BCUT2D eigenvalue weighted by molar-refractivity contribution is 0.145. The van der Waals surface area contributed by atoms with E-state index in [1.165, 1.54) is 5.69 Å². The zero-order chi connectivity index (χ0) is 18.7. The quantitative estimate of drug-likeness (QED) is 0.846. The monoisotopic (exact) mass is 361 g/mol. The average molecular weight is 361 g/mol. The van der Waals surface area contributed by atoms with Gasteiger partial charge >= 0.3 is 6.03 Å². The van der Waals surface area contributed by atoms with E-state index >= 15 is 0 Å². The molecular weight excluding hydrogens is 330 g/mol. The van der Waals surface area contributed by atoms with E-state index in [2.05, 4.69) is 36.2 Å². The molecule has 0 aromatic heterocycles. The number of urea groups is 1. The van der Waals surface area contributed by atoms with Gasteiger partial charge in [0.15, 0.2) is 0 Å². The van der Waals surface area contributed by atoms with Crippen LogP contribution in [0.3, 0.4) is 0 Å². The predicted octanol–water partition coefficient (Wildman–Crippen LogP) is 2.47. The lowest BCUT2D eigenvalue weighted by atomic mass is 9.74. The number of fused-ring (bicyclic) bond motifs is 4. The van der Waals surface area contributed by atoms with Gasteiger partial charge in [-0.05, 0) is 49.4 Å². The number of aliphatic hydroxyl groups excluding tert-OH is 1. The molecule has 2 bridgehead atoms. The Morgan fingerprint density at radius 3 is 2.73 bits per heavy atom. The zero-order valence-electron chi connectivity index (χ0n) is 16.1. The molecule has 144 valence electrons. The summed E-state index contributed by atoms with van der Waals surface area (Å²) in [5, 5.41) is 11.8. The maximum absolute atomic E-state index is 12.5. The van der Waals surface area contributed by atoms with Gasteiger partial charge in [0.2, 0.25) is 0 Å². The highest BCUT2D eigenvalue weighted by atomic mass is 16.5. The molecule has 3 saturated heterocycles. The summed E-state index contributed by atoms with van der Waals surface area (Å²) in [6.45, 7) is 9.13. The molecule has 3 aliphatic rings. The maximum Gasteiger partial charge on any atom is 0.317 e. The fourth-order valence-corrected chi connectivity index (χ4v) is 4.50. The van der Waals surface area contributed by atoms with Crippen LogP contribution >= 0.6 is 0 Å². The molecule has 2 N–H and O–H groups in total. The Morgan fingerprint density at radius 2 is 2.08 bits per heavy atom. The second-order valence-electron chi connectivity index (χ2n) is 7.88. The lowest BCUT2D eigenvalue weighted by Crippen LogP contribution is -2.57. The molecule has 4 rings (SSSR count). The van der Waals surface area contributed by atoms with Gasteiger partial charge in [0.25, 0.3) is 0 Å². The van der Waals surface area contributed by atoms with Crippen molar-refractivity contribution in [3.63, 3.8) is 0 Å². The Kier molecular flexibility index (Phi) is 5.61. The Hall–Kier alpha value is -1.95. The fraction of sp³-hybridized carbons (Fsp3) is 0.650. The number of carbonyl (C=O) groups is 1. The molecule has 1 aromatic rings. The van der Waals surface area contributed by atoms with E-state index in [1.54, 1.807) is 0 Å². The van der Waals surface area contributed by atoms with Gasteiger partial charge in [-0.2, -0.15) is 0 Å². The highest BCUT2D eigenvalue weighted by Crippen LogP contribution is 2.43. The summed E-state index contributed by atoms with van der Waals surface area (Å²) in [6, 6.07) is 8.80. The highest BCUT2D eigenvalue weighted by Gasteiger charge is 2.47. The van der Waals surface area contributed by atoms with Gasteiger partial charge < -0.3 is 25.0 Å². The van der Waals surface area contributed by atoms with Crippen molar-refractivity contribution in [2.24, 2.45) is 5.41 Å². The smallest absolute Gasteiger partial charge is 0.317 e. The standard InChI is InChI=1S/C20H31N3O3/c1-4-26-17-7-5-15(6-8-17)23-14-16-13-20(2,3)18(23)9-11-22(16)19(25)21-10-12-24/h5-8,16,18,24H,4,9-14H2,1-3H3,(H,21,25). The van der Waals surface area contributed by atoms with Crippen LogP contribution in [0, 0.1) is 5.41 Å². The van der Waals surface area contributed by atoms with Crippen molar-refractivity contribution in [3.8, 4) is 5.75 Å². The first-order chi connectivity index (χ1) is 12.5. The number of hydrogen-bond donors (Lipinski definition) is 2. The Labute approximate surface area is 156 Å². The SMILES string of the molecule is CCOc1ccc(N2CC3CC(C)(C)C2CCN3C(=O)NCCO)cc1. The summed E-state index contributed by atoms with van der Waals surface area (Å²) in [7, 11) is 0. The topological polar surface area (TPSA) is 65.0 Å². The first-order valence-electron chi connectivity index (χ1n) is 9.61. The molecule has 0 spiro atoms. The normalized spacial score (nSPS) is 24.3. The Bertz CT molecular complexity index is 617. The van der Waals surface area contributed by atoms with Crippen molar-refractivity contribution in [1.82, 2.24) is 10.2 Å². The minimum atomic E-state index is -0.0611. The van der Waals surface area contributed by atoms with Crippen molar-refractivity contribution in [2.75, 3.05) is 37.7 Å². The van der Waals surface area contributed by atoms with Crippen molar-refractivity contribution in [1.29, 1.82) is 0 Å². The van der Waals surface area contributed by atoms with Crippen LogP contribution < -0.4 is 15.0 Å². The van der Waals surface area contributed by atoms with Crippen molar-refractivity contribution >= 4 is 11.7 Å². The number of carbonyl (C=O) groups excluding carboxylic acids is 1. The number of benzene rings is 1. The van der Waals surface area contributed by atoms with Crippen molar-refractivity contribution in [2.45, 2.75) is 45.7 Å². The van der Waals surface area contributed by atoms with Crippen LogP contribution in [0.15, 0.2) is 24.3 Å². The number of ether oxygens (including phenoxy) is 1. The maximum atomic E-state index is 12.5. The molecule has 1 aromatic carbocycles. The second-order valence-corrected chi connectivity index (χ2v) is 7.88. The Balaban J connectivity index is 1.82. The van der Waals surface area contributed by atoms with Crippen LogP contribution in [0.25, 0.3) is 0 Å². The number of hydrogen-bond acceptors (Lipinski definition) is 4. The number of anilines is 1. The third kappa shape index (κ3) is 3.75. The molecule has 2 amide bonds. The van der Waals surface area contributed by atoms with Gasteiger partial charge in [0, 0.05) is 31.4 Å². The number of aliphatic hydroxyl groups is 1. The Morgan fingerprint density at radius 1 is 1.35 bits per heavy atom. The van der Waals surface area contributed by atoms with Gasteiger partial charge in [-0.25, -0.2) is 4.79 Å². The zero-order valence-corrected chi connectivity index (χ0v) is 16.1. The van der Waals surface area contributed by atoms with E-state index in [0.717, 1.165) is 31.7 Å². The van der Waals surface area contributed by atoms with Crippen LogP contribution in [0.4, 0.5) is 10.5 Å². The van der Waals surface area contributed by atoms with Gasteiger partial charge in [0.1, 0.15) is 5.75 Å². The van der Waals surface area contributed by atoms with Crippen LogP contribution in [-0.4, -0.2) is 61.0 Å². The molecule has 26 heavy (non-hydrogen) atoms. The molecule has 6 nitrogen and oxygen atoms in total. The largest absolute Gasteiger partial charge is 0.494 e. The molecular formula is C20H31N3O3. The third-order valence-corrected chi connectivity index (χ3v) is 5.66. The van der Waals surface area contributed by atoms with Crippen LogP contribution in [0.1, 0.15) is 33.6 Å². The summed E-state index contributed by atoms with van der Waals surface area (Å²) < 4.78 is 5.56. The summed E-state index contributed by atoms with van der Waals surface area (Å²) >= 11 is 0. The lowest BCUT2D eigenvalue weighted by Gasteiger charge is -2.49. The first-order valence-corrected chi connectivity index (χ1v) is 9.61. The molecule has 0 aliphatic carbocycles. The molecule has 3 aliphatic heterocycles. The molecule has 2 unspecified atom stereocenters. The van der Waals surface area contributed by atoms with Gasteiger partial charge in [0.05, 0.1) is 19.3 Å². The van der Waals surface area contributed by atoms with Crippen molar-refractivity contribution in [3.05, 3.63) is 24.3 Å². The fourth-order valence-electron chi connectivity index (χ4n) is 4.50. The minimum Gasteiger partial charge on any atom is -0.494 e. The first kappa shape index (κ1) is 18.8. The number of amides is 2. The van der Waals surface area contributed by atoms with Crippen LogP contribution in [-0.2, 0) is 0 Å². The number of rotatable bonds is 5. The molecule has 3 fully saturated rings. The minimum absolute atomic E-state index is 0.0311. The summed E-state index contributed by atoms with van der Waals surface area (Å²) in [5.74, 6) is 0.889. The molecule has 6 heteroatoms.